The summed E-state index contributed by atoms with van der Waals surface area (Å²) >= 11 is 2.82. The van der Waals surface area contributed by atoms with Crippen molar-refractivity contribution in [2.24, 2.45) is 11.3 Å². The second-order valence-corrected chi connectivity index (χ2v) is 16.3. The Balaban J connectivity index is 1.30. The normalized spacial score (nSPS) is 14.9. The third kappa shape index (κ3) is 9.77. The molecule has 0 spiro atoms. The third-order valence-corrected chi connectivity index (χ3v) is 11.1. The Labute approximate surface area is 308 Å². The molecule has 4 aromatic rings. The van der Waals surface area contributed by atoms with Crippen molar-refractivity contribution in [1.29, 1.82) is 0 Å². The highest BCUT2D eigenvalue weighted by molar-refractivity contribution is 8.00. The first-order chi connectivity index (χ1) is 24.3. The van der Waals surface area contributed by atoms with Gasteiger partial charge in [-0.2, -0.15) is 0 Å². The Kier molecular flexibility index (Phi) is 12.2. The van der Waals surface area contributed by atoms with Gasteiger partial charge in [0.2, 0.25) is 5.91 Å². The number of thiophene rings is 1. The molecule has 2 unspecified atom stereocenters. The van der Waals surface area contributed by atoms with Crippen LogP contribution >= 0.6 is 23.1 Å². The molecule has 0 bridgehead atoms. The molecule has 1 aromatic heterocycles. The molecular formula is C41H45N3O5S2. The summed E-state index contributed by atoms with van der Waals surface area (Å²) in [4.78, 5) is 55.2. The first-order valence-corrected chi connectivity index (χ1v) is 18.9. The van der Waals surface area contributed by atoms with Crippen LogP contribution in [0.5, 0.6) is 0 Å². The van der Waals surface area contributed by atoms with E-state index in [-0.39, 0.29) is 23.6 Å². The topological polar surface area (TPSA) is 114 Å². The highest BCUT2D eigenvalue weighted by atomic mass is 32.2. The van der Waals surface area contributed by atoms with Crippen LogP contribution in [0.15, 0.2) is 89.5 Å². The molecule has 0 fully saturated rings. The quantitative estimate of drug-likeness (QED) is 0.0810. The highest BCUT2D eigenvalue weighted by Gasteiger charge is 2.35. The molecule has 3 aromatic carbocycles. The number of amides is 3. The lowest BCUT2D eigenvalue weighted by Gasteiger charge is -2.33. The molecule has 266 valence electrons. The van der Waals surface area contributed by atoms with Crippen molar-refractivity contribution in [3.8, 4) is 0 Å². The predicted octanol–water partition coefficient (Wildman–Crippen LogP) is 8.91. The summed E-state index contributed by atoms with van der Waals surface area (Å²) in [7, 11) is 0. The molecule has 10 heteroatoms. The summed E-state index contributed by atoms with van der Waals surface area (Å²) in [5.74, 6) is -1.05. The largest absolute Gasteiger partial charge is 0.462 e. The van der Waals surface area contributed by atoms with Gasteiger partial charge in [-0.05, 0) is 98.9 Å². The van der Waals surface area contributed by atoms with Gasteiger partial charge in [-0.3, -0.25) is 14.4 Å². The van der Waals surface area contributed by atoms with Crippen LogP contribution in [-0.4, -0.2) is 35.5 Å². The lowest BCUT2D eigenvalue weighted by atomic mass is 9.72. The number of carbonyl (C=O) groups excluding carboxylic acids is 4. The van der Waals surface area contributed by atoms with E-state index in [1.807, 2.05) is 43.3 Å². The number of hydrogen-bond acceptors (Lipinski definition) is 7. The molecule has 1 aliphatic rings. The molecule has 0 saturated heterocycles. The van der Waals surface area contributed by atoms with Crippen LogP contribution in [0, 0.1) is 18.3 Å². The van der Waals surface area contributed by atoms with Gasteiger partial charge in [-0.25, -0.2) is 4.79 Å². The molecule has 3 N–H and O–H groups in total. The van der Waals surface area contributed by atoms with Crippen molar-refractivity contribution < 1.29 is 23.9 Å². The molecule has 0 aliphatic heterocycles. The Morgan fingerprint density at radius 3 is 2.43 bits per heavy atom. The minimum atomic E-state index is -0.519. The van der Waals surface area contributed by atoms with Crippen LogP contribution < -0.4 is 16.0 Å². The maximum absolute atomic E-state index is 13.6. The number of carbonyl (C=O) groups is 4. The average molecular weight is 724 g/mol. The van der Waals surface area contributed by atoms with E-state index in [4.69, 9.17) is 4.74 Å². The van der Waals surface area contributed by atoms with Crippen molar-refractivity contribution in [3.05, 3.63) is 117 Å². The molecule has 0 saturated carbocycles. The van der Waals surface area contributed by atoms with Gasteiger partial charge >= 0.3 is 5.97 Å². The number of nitrogens with one attached hydrogen (secondary N) is 3. The maximum atomic E-state index is 13.6. The third-order valence-electron chi connectivity index (χ3n) is 8.86. The predicted molar refractivity (Wildman–Crippen MR) is 207 cm³/mol. The van der Waals surface area contributed by atoms with E-state index in [0.717, 1.165) is 45.7 Å². The molecule has 1 aliphatic carbocycles. The Bertz CT molecular complexity index is 1940. The standard InChI is InChI=1S/C41H45N3O5S2/c1-7-49-40(48)35-32-20-19-29(41(4,5)6)23-34(32)51-39(35)44-36(45)26(3)50-31-18-12-17-30(24-31)42-38(47)33(22-27-14-11-13-25(2)21-27)43-37(46)28-15-9-8-10-16-28/h8-18,21-22,24,26,29H,7,19-20,23H2,1-6H3,(H,42,47)(H,43,46)(H,44,45)/b33-22+. The van der Waals surface area contributed by atoms with E-state index in [0.29, 0.717) is 27.7 Å². The number of fused-ring (bicyclic) bond motifs is 1. The fourth-order valence-corrected chi connectivity index (χ4v) is 8.26. The fraction of sp³-hybridized carbons (Fsp3) is 0.317. The van der Waals surface area contributed by atoms with Crippen molar-refractivity contribution in [3.63, 3.8) is 0 Å². The lowest BCUT2D eigenvalue weighted by Crippen LogP contribution is -2.30. The fourth-order valence-electron chi connectivity index (χ4n) is 6.02. The van der Waals surface area contributed by atoms with E-state index in [1.54, 1.807) is 62.4 Å². The van der Waals surface area contributed by atoms with Gasteiger partial charge in [0.25, 0.3) is 11.8 Å². The van der Waals surface area contributed by atoms with Crippen molar-refractivity contribution >= 4 is 63.6 Å². The maximum Gasteiger partial charge on any atom is 0.341 e. The van der Waals surface area contributed by atoms with Gasteiger partial charge < -0.3 is 20.7 Å². The number of rotatable bonds is 11. The molecule has 2 atom stereocenters. The number of hydrogen-bond donors (Lipinski definition) is 3. The smallest absolute Gasteiger partial charge is 0.341 e. The minimum absolute atomic E-state index is 0.0881. The van der Waals surface area contributed by atoms with Crippen LogP contribution in [-0.2, 0) is 27.2 Å². The van der Waals surface area contributed by atoms with E-state index in [2.05, 4.69) is 36.7 Å². The molecule has 5 rings (SSSR count). The first kappa shape index (κ1) is 37.6. The first-order valence-electron chi connectivity index (χ1n) is 17.2. The monoisotopic (exact) mass is 723 g/mol. The van der Waals surface area contributed by atoms with Gasteiger partial charge in [0.05, 0.1) is 17.4 Å². The van der Waals surface area contributed by atoms with Gasteiger partial charge in [0.15, 0.2) is 0 Å². The lowest BCUT2D eigenvalue weighted by molar-refractivity contribution is -0.115. The van der Waals surface area contributed by atoms with E-state index in [1.165, 1.54) is 23.1 Å². The van der Waals surface area contributed by atoms with Crippen LogP contribution in [0.2, 0.25) is 0 Å². The van der Waals surface area contributed by atoms with Crippen LogP contribution in [0.25, 0.3) is 6.08 Å². The number of aryl methyl sites for hydroxylation is 1. The zero-order valence-electron chi connectivity index (χ0n) is 29.9. The summed E-state index contributed by atoms with van der Waals surface area (Å²) in [6, 6.07) is 23.6. The summed E-state index contributed by atoms with van der Waals surface area (Å²) in [5, 5.41) is 8.74. The Morgan fingerprint density at radius 2 is 1.73 bits per heavy atom. The number of ether oxygens (including phenoxy) is 1. The van der Waals surface area contributed by atoms with E-state index < -0.39 is 23.0 Å². The van der Waals surface area contributed by atoms with Crippen LogP contribution in [0.3, 0.4) is 0 Å². The molecule has 1 heterocycles. The van der Waals surface area contributed by atoms with Gasteiger partial charge in [-0.1, -0.05) is 74.9 Å². The number of thioether (sulfide) groups is 1. The summed E-state index contributed by atoms with van der Waals surface area (Å²) in [6.07, 6.45) is 4.27. The molecule has 51 heavy (non-hydrogen) atoms. The van der Waals surface area contributed by atoms with Gasteiger partial charge in [0, 0.05) is 21.0 Å². The summed E-state index contributed by atoms with van der Waals surface area (Å²) in [5.41, 5.74) is 4.42. The SMILES string of the molecule is CCOC(=O)c1c(NC(=O)C(C)Sc2cccc(NC(=O)/C(=C\c3cccc(C)c3)NC(=O)c3ccccc3)c2)sc2c1CCC(C(C)(C)C)C2. The van der Waals surface area contributed by atoms with E-state index >= 15 is 0 Å². The molecule has 3 amide bonds. The second kappa shape index (κ2) is 16.6. The van der Waals surface area contributed by atoms with Crippen molar-refractivity contribution in [1.82, 2.24) is 5.32 Å². The highest BCUT2D eigenvalue weighted by Crippen LogP contribution is 2.44. The average Bonchev–Trinajstić information content (AvgIpc) is 3.45. The van der Waals surface area contributed by atoms with Crippen molar-refractivity contribution in [2.45, 2.75) is 71.0 Å². The van der Waals surface area contributed by atoms with Crippen LogP contribution in [0.4, 0.5) is 10.7 Å². The van der Waals surface area contributed by atoms with Gasteiger partial charge in [-0.15, -0.1) is 23.1 Å². The van der Waals surface area contributed by atoms with E-state index in [9.17, 15) is 19.2 Å². The van der Waals surface area contributed by atoms with Crippen molar-refractivity contribution in [2.75, 3.05) is 17.2 Å². The van der Waals surface area contributed by atoms with Gasteiger partial charge in [0.1, 0.15) is 10.7 Å². The Hall–Kier alpha value is -4.67. The molecule has 0 radical (unpaired) electrons. The number of esters is 1. The molecule has 8 nitrogen and oxygen atoms in total. The summed E-state index contributed by atoms with van der Waals surface area (Å²) in [6.45, 7) is 12.5. The number of anilines is 2. The second-order valence-electron chi connectivity index (χ2n) is 13.8. The minimum Gasteiger partial charge on any atom is -0.462 e. The zero-order chi connectivity index (χ0) is 36.7. The Morgan fingerprint density at radius 1 is 0.980 bits per heavy atom. The number of benzene rings is 3. The van der Waals surface area contributed by atoms with Crippen LogP contribution in [0.1, 0.15) is 83.3 Å². The molecular weight excluding hydrogens is 679 g/mol. The zero-order valence-corrected chi connectivity index (χ0v) is 31.6. The summed E-state index contributed by atoms with van der Waals surface area (Å²) < 4.78 is 5.42.